The Hall–Kier alpha value is -0.770. The second kappa shape index (κ2) is 7.69. The number of halogens is 1. The lowest BCUT2D eigenvalue weighted by atomic mass is 9.66. The lowest BCUT2D eigenvalue weighted by Crippen LogP contribution is -2.59. The highest BCUT2D eigenvalue weighted by atomic mass is 32.2. The largest absolute Gasteiger partial charge is 0.391 e. The van der Waals surface area contributed by atoms with Gasteiger partial charge in [-0.3, -0.25) is 4.79 Å². The van der Waals surface area contributed by atoms with Gasteiger partial charge in [-0.25, -0.2) is 9.11 Å². The first-order valence-corrected chi connectivity index (χ1v) is 10.9. The summed E-state index contributed by atoms with van der Waals surface area (Å²) in [6.07, 6.45) is 0.798. The molecule has 6 unspecified atom stereocenters. The van der Waals surface area contributed by atoms with Crippen LogP contribution in [0, 0.1) is 17.8 Å². The maximum Gasteiger partial charge on any atom is 0.304 e. The zero-order valence-corrected chi connectivity index (χ0v) is 16.1. The Bertz CT molecular complexity index is 629. The first kappa shape index (κ1) is 20.0. The molecular formula is C17H29FN2O5S. The summed E-state index contributed by atoms with van der Waals surface area (Å²) in [7, 11) is -4.07. The molecule has 1 saturated heterocycles. The van der Waals surface area contributed by atoms with Gasteiger partial charge in [-0.05, 0) is 49.9 Å². The molecule has 2 N–H and O–H groups in total. The van der Waals surface area contributed by atoms with E-state index in [-0.39, 0.29) is 17.9 Å². The number of amides is 1. The number of hydrogen-bond donors (Lipinski definition) is 2. The summed E-state index contributed by atoms with van der Waals surface area (Å²) < 4.78 is 48.0. The van der Waals surface area contributed by atoms with Gasteiger partial charge in [0.25, 0.3) is 0 Å². The van der Waals surface area contributed by atoms with Gasteiger partial charge in [-0.2, -0.15) is 12.7 Å². The van der Waals surface area contributed by atoms with Gasteiger partial charge in [0.15, 0.2) is 0 Å². The lowest BCUT2D eigenvalue weighted by molar-refractivity contribution is -0.120. The van der Waals surface area contributed by atoms with Crippen molar-refractivity contribution in [2.75, 3.05) is 13.2 Å². The third-order valence-electron chi connectivity index (χ3n) is 5.91. The van der Waals surface area contributed by atoms with E-state index in [2.05, 4.69) is 13.8 Å². The summed E-state index contributed by atoms with van der Waals surface area (Å²) in [5.41, 5.74) is 0. The number of carbonyl (C=O) groups excluding carboxylic acids is 1. The smallest absolute Gasteiger partial charge is 0.304 e. The van der Waals surface area contributed by atoms with E-state index in [1.54, 1.807) is 0 Å². The minimum Gasteiger partial charge on any atom is -0.391 e. The van der Waals surface area contributed by atoms with Crippen molar-refractivity contribution in [2.45, 2.75) is 70.4 Å². The second-order valence-electron chi connectivity index (χ2n) is 8.23. The van der Waals surface area contributed by atoms with Gasteiger partial charge in [-0.1, -0.05) is 13.8 Å². The van der Waals surface area contributed by atoms with E-state index in [0.29, 0.717) is 25.4 Å². The number of fused-ring (bicyclic) bond motifs is 1. The van der Waals surface area contributed by atoms with Gasteiger partial charge in [0.2, 0.25) is 5.91 Å². The zero-order chi connectivity index (χ0) is 19.1. The predicted molar refractivity (Wildman–Crippen MR) is 93.1 cm³/mol. The van der Waals surface area contributed by atoms with Crippen LogP contribution in [0.15, 0.2) is 0 Å². The van der Waals surface area contributed by atoms with Crippen LogP contribution in [0.4, 0.5) is 4.39 Å². The summed E-state index contributed by atoms with van der Waals surface area (Å²) in [6.45, 7) is 4.45. The number of ether oxygens (including phenoxy) is 1. The summed E-state index contributed by atoms with van der Waals surface area (Å²) in [5, 5.41) is 10.4. The fourth-order valence-electron chi connectivity index (χ4n) is 4.53. The second-order valence-corrected chi connectivity index (χ2v) is 9.85. The molecular weight excluding hydrogens is 363 g/mol. The Morgan fingerprint density at radius 2 is 2.08 bits per heavy atom. The van der Waals surface area contributed by atoms with E-state index in [9.17, 15) is 18.3 Å². The van der Waals surface area contributed by atoms with Crippen molar-refractivity contribution in [3.05, 3.63) is 0 Å². The van der Waals surface area contributed by atoms with Gasteiger partial charge in [0.1, 0.15) is 6.17 Å². The maximum atomic E-state index is 15.3. The van der Waals surface area contributed by atoms with Crippen LogP contribution in [0.5, 0.6) is 0 Å². The normalized spacial score (nSPS) is 40.4. The first-order chi connectivity index (χ1) is 12.2. The Balaban J connectivity index is 1.69. The first-order valence-electron chi connectivity index (χ1n) is 9.45. The number of nitrogens with one attached hydrogen (secondary N) is 1. The molecule has 9 heteroatoms. The van der Waals surface area contributed by atoms with Gasteiger partial charge in [0, 0.05) is 6.61 Å². The molecule has 0 radical (unpaired) electrons. The summed E-state index contributed by atoms with van der Waals surface area (Å²) in [5.74, 6) is -0.479. The molecule has 1 amide bonds. The molecule has 2 aliphatic carbocycles. The molecule has 0 aromatic carbocycles. The molecule has 3 aliphatic rings. The van der Waals surface area contributed by atoms with E-state index in [0.717, 1.165) is 23.6 Å². The Morgan fingerprint density at radius 3 is 2.69 bits per heavy atom. The molecule has 0 aromatic heterocycles. The predicted octanol–water partition coefficient (Wildman–Crippen LogP) is 0.982. The molecule has 7 nitrogen and oxygen atoms in total. The van der Waals surface area contributed by atoms with E-state index in [1.807, 2.05) is 4.72 Å². The molecule has 3 fully saturated rings. The Kier molecular flexibility index (Phi) is 5.91. The number of alkyl halides is 1. The number of aliphatic hydroxyl groups excluding tert-OH is 1. The van der Waals surface area contributed by atoms with Gasteiger partial charge in [-0.15, -0.1) is 0 Å². The molecule has 1 aliphatic heterocycles. The quantitative estimate of drug-likeness (QED) is 0.727. The molecule has 6 atom stereocenters. The molecule has 0 spiro atoms. The van der Waals surface area contributed by atoms with Crippen molar-refractivity contribution in [3.8, 4) is 0 Å². The van der Waals surface area contributed by atoms with E-state index >= 15 is 4.39 Å². The SMILES string of the molecule is CC(C)CCOC1CCC2CC(O)C(N3CC(=O)NS3(=O)=O)C(F)C2C1. The van der Waals surface area contributed by atoms with Crippen molar-refractivity contribution in [3.63, 3.8) is 0 Å². The van der Waals surface area contributed by atoms with Crippen molar-refractivity contribution < 1.29 is 27.4 Å². The average molecular weight is 392 g/mol. The third kappa shape index (κ3) is 4.05. The van der Waals surface area contributed by atoms with E-state index < -0.39 is 41.0 Å². The Morgan fingerprint density at radius 1 is 1.35 bits per heavy atom. The van der Waals surface area contributed by atoms with E-state index in [1.165, 1.54) is 0 Å². The van der Waals surface area contributed by atoms with Crippen LogP contribution in [-0.2, 0) is 19.7 Å². The van der Waals surface area contributed by atoms with Crippen LogP contribution in [0.1, 0.15) is 46.0 Å². The lowest BCUT2D eigenvalue weighted by Gasteiger charge is -2.47. The molecule has 26 heavy (non-hydrogen) atoms. The fraction of sp³-hybridized carbons (Fsp3) is 0.941. The molecule has 0 bridgehead atoms. The number of hydrogen-bond acceptors (Lipinski definition) is 5. The summed E-state index contributed by atoms with van der Waals surface area (Å²) >= 11 is 0. The van der Waals surface area contributed by atoms with Crippen molar-refractivity contribution in [2.24, 2.45) is 17.8 Å². The fourth-order valence-corrected chi connectivity index (χ4v) is 5.86. The average Bonchev–Trinajstić information content (AvgIpc) is 2.80. The number of nitrogens with zero attached hydrogens (tertiary/aromatic N) is 1. The monoisotopic (exact) mass is 392 g/mol. The standard InChI is InChI=1S/C17H29FN2O5S/c1-10(2)5-6-25-12-4-3-11-7-14(21)17(16(18)13(11)8-12)20-9-15(22)19-26(20,23)24/h10-14,16-17,21H,3-9H2,1-2H3,(H,19,22). The van der Waals surface area contributed by atoms with E-state index in [4.69, 9.17) is 4.74 Å². The summed E-state index contributed by atoms with van der Waals surface area (Å²) in [4.78, 5) is 11.5. The molecule has 150 valence electrons. The van der Waals surface area contributed by atoms with Crippen LogP contribution in [-0.4, -0.2) is 61.3 Å². The van der Waals surface area contributed by atoms with Crippen LogP contribution in [0.25, 0.3) is 0 Å². The molecule has 3 rings (SSSR count). The molecule has 1 heterocycles. The number of rotatable bonds is 5. The topological polar surface area (TPSA) is 95.9 Å². The van der Waals surface area contributed by atoms with Gasteiger partial charge < -0.3 is 9.84 Å². The highest BCUT2D eigenvalue weighted by Gasteiger charge is 2.53. The maximum absolute atomic E-state index is 15.3. The van der Waals surface area contributed by atoms with Crippen LogP contribution in [0.3, 0.4) is 0 Å². The number of aliphatic hydroxyl groups is 1. The van der Waals surface area contributed by atoms with Crippen molar-refractivity contribution >= 4 is 16.1 Å². The molecule has 2 saturated carbocycles. The molecule has 0 aromatic rings. The van der Waals surface area contributed by atoms with Crippen LogP contribution < -0.4 is 4.72 Å². The minimum atomic E-state index is -4.07. The van der Waals surface area contributed by atoms with Crippen molar-refractivity contribution in [1.29, 1.82) is 0 Å². The third-order valence-corrected chi connectivity index (χ3v) is 7.38. The summed E-state index contributed by atoms with van der Waals surface area (Å²) in [6, 6.07) is -1.21. The zero-order valence-electron chi connectivity index (χ0n) is 15.3. The highest BCUT2D eigenvalue weighted by molar-refractivity contribution is 7.88. The van der Waals surface area contributed by atoms with Crippen LogP contribution >= 0.6 is 0 Å². The minimum absolute atomic E-state index is 0.0233. The van der Waals surface area contributed by atoms with Crippen LogP contribution in [0.2, 0.25) is 0 Å². The highest BCUT2D eigenvalue weighted by Crippen LogP contribution is 2.45. The van der Waals surface area contributed by atoms with Gasteiger partial charge in [0.05, 0.1) is 24.8 Å². The number of carbonyl (C=O) groups is 1. The Labute approximate surface area is 154 Å². The van der Waals surface area contributed by atoms with Crippen molar-refractivity contribution in [1.82, 2.24) is 9.03 Å². The van der Waals surface area contributed by atoms with Gasteiger partial charge >= 0.3 is 10.2 Å².